The summed E-state index contributed by atoms with van der Waals surface area (Å²) >= 11 is 1.69. The third kappa shape index (κ3) is 2.68. The van der Waals surface area contributed by atoms with Crippen molar-refractivity contribution in [2.45, 2.75) is 26.9 Å². The molecule has 1 N–H and O–H groups in total. The lowest BCUT2D eigenvalue weighted by Gasteiger charge is -2.02. The summed E-state index contributed by atoms with van der Waals surface area (Å²) < 4.78 is 1.91. The van der Waals surface area contributed by atoms with Gasteiger partial charge in [-0.05, 0) is 19.9 Å². The van der Waals surface area contributed by atoms with Crippen molar-refractivity contribution in [3.63, 3.8) is 0 Å². The quantitative estimate of drug-likeness (QED) is 0.880. The maximum atomic E-state index is 4.40. The zero-order chi connectivity index (χ0) is 11.5. The average molecular weight is 236 g/mol. The molecule has 0 aliphatic carbocycles. The highest BCUT2D eigenvalue weighted by molar-refractivity contribution is 7.09. The normalized spacial score (nSPS) is 10.9. The van der Waals surface area contributed by atoms with Gasteiger partial charge in [-0.1, -0.05) is 0 Å². The van der Waals surface area contributed by atoms with Gasteiger partial charge in [0.15, 0.2) is 0 Å². The summed E-state index contributed by atoms with van der Waals surface area (Å²) in [6, 6.07) is 2.10. The molecule has 0 spiro atoms. The summed E-state index contributed by atoms with van der Waals surface area (Å²) in [5, 5.41) is 10.9. The van der Waals surface area contributed by atoms with E-state index in [0.717, 1.165) is 29.5 Å². The highest BCUT2D eigenvalue weighted by atomic mass is 32.1. The van der Waals surface area contributed by atoms with Crippen molar-refractivity contribution in [1.82, 2.24) is 20.1 Å². The zero-order valence-corrected chi connectivity index (χ0v) is 10.6. The molecular formula is C11H16N4S. The fourth-order valence-corrected chi connectivity index (χ4v) is 2.25. The summed E-state index contributed by atoms with van der Waals surface area (Å²) in [7, 11) is 1.97. The van der Waals surface area contributed by atoms with Gasteiger partial charge in [-0.25, -0.2) is 4.98 Å². The molecule has 0 saturated carbocycles. The van der Waals surface area contributed by atoms with Gasteiger partial charge in [0.1, 0.15) is 0 Å². The third-order valence-electron chi connectivity index (χ3n) is 2.38. The summed E-state index contributed by atoms with van der Waals surface area (Å²) in [6.07, 6.45) is 0. The van der Waals surface area contributed by atoms with Gasteiger partial charge in [0.05, 0.1) is 22.1 Å². The first kappa shape index (κ1) is 11.3. The van der Waals surface area contributed by atoms with E-state index in [4.69, 9.17) is 0 Å². The van der Waals surface area contributed by atoms with Crippen LogP contribution in [0.1, 0.15) is 22.1 Å². The van der Waals surface area contributed by atoms with Crippen molar-refractivity contribution in [2.75, 3.05) is 0 Å². The maximum absolute atomic E-state index is 4.40. The molecule has 0 bridgehead atoms. The second-order valence-corrected chi connectivity index (χ2v) is 4.92. The van der Waals surface area contributed by atoms with Crippen LogP contribution in [0.25, 0.3) is 0 Å². The molecule has 2 aromatic rings. The second-order valence-electron chi connectivity index (χ2n) is 3.86. The number of aromatic nitrogens is 3. The van der Waals surface area contributed by atoms with E-state index in [0.29, 0.717) is 0 Å². The predicted octanol–water partition coefficient (Wildman–Crippen LogP) is 1.78. The van der Waals surface area contributed by atoms with Crippen molar-refractivity contribution in [1.29, 1.82) is 0 Å². The van der Waals surface area contributed by atoms with Crippen LogP contribution >= 0.6 is 11.3 Å². The van der Waals surface area contributed by atoms with Gasteiger partial charge in [-0.3, -0.25) is 4.68 Å². The minimum atomic E-state index is 0.814. The van der Waals surface area contributed by atoms with Crippen LogP contribution in [-0.4, -0.2) is 14.8 Å². The van der Waals surface area contributed by atoms with Crippen molar-refractivity contribution in [3.05, 3.63) is 33.5 Å². The Balaban J connectivity index is 1.86. The van der Waals surface area contributed by atoms with Crippen molar-refractivity contribution in [3.8, 4) is 0 Å². The molecule has 4 nitrogen and oxygen atoms in total. The average Bonchev–Trinajstić information content (AvgIpc) is 2.74. The SMILES string of the molecule is Cc1cc(CNCc2csc(C)n2)n(C)n1. The van der Waals surface area contributed by atoms with Gasteiger partial charge in [-0.2, -0.15) is 5.10 Å². The monoisotopic (exact) mass is 236 g/mol. The Bertz CT molecular complexity index is 472. The van der Waals surface area contributed by atoms with Crippen molar-refractivity contribution >= 4 is 11.3 Å². The Morgan fingerprint density at radius 3 is 2.75 bits per heavy atom. The molecule has 0 aliphatic heterocycles. The highest BCUT2D eigenvalue weighted by Crippen LogP contribution is 2.08. The van der Waals surface area contributed by atoms with E-state index in [1.165, 1.54) is 5.69 Å². The molecule has 0 unspecified atom stereocenters. The van der Waals surface area contributed by atoms with Crippen LogP contribution in [0.2, 0.25) is 0 Å². The third-order valence-corrected chi connectivity index (χ3v) is 3.20. The molecule has 0 aromatic carbocycles. The van der Waals surface area contributed by atoms with Crippen molar-refractivity contribution < 1.29 is 0 Å². The summed E-state index contributed by atoms with van der Waals surface area (Å²) in [6.45, 7) is 5.68. The number of hydrogen-bond acceptors (Lipinski definition) is 4. The van der Waals surface area contributed by atoms with E-state index in [1.54, 1.807) is 11.3 Å². The number of rotatable bonds is 4. The lowest BCUT2D eigenvalue weighted by molar-refractivity contribution is 0.619. The molecule has 0 fully saturated rings. The minimum absolute atomic E-state index is 0.814. The Morgan fingerprint density at radius 2 is 2.19 bits per heavy atom. The van der Waals surface area contributed by atoms with E-state index >= 15 is 0 Å². The van der Waals surface area contributed by atoms with Gasteiger partial charge in [-0.15, -0.1) is 11.3 Å². The highest BCUT2D eigenvalue weighted by Gasteiger charge is 2.02. The molecule has 2 heterocycles. The number of thiazole rings is 1. The molecule has 5 heteroatoms. The molecule has 2 aromatic heterocycles. The molecular weight excluding hydrogens is 220 g/mol. The molecule has 16 heavy (non-hydrogen) atoms. The van der Waals surface area contributed by atoms with Gasteiger partial charge < -0.3 is 5.32 Å². The van der Waals surface area contributed by atoms with Crippen LogP contribution in [-0.2, 0) is 20.1 Å². The van der Waals surface area contributed by atoms with E-state index in [9.17, 15) is 0 Å². The predicted molar refractivity (Wildman–Crippen MR) is 65.3 cm³/mol. The van der Waals surface area contributed by atoms with E-state index in [2.05, 4.69) is 26.8 Å². The second kappa shape index (κ2) is 4.76. The van der Waals surface area contributed by atoms with Crippen LogP contribution in [0, 0.1) is 13.8 Å². The largest absolute Gasteiger partial charge is 0.305 e. The molecule has 0 saturated heterocycles. The van der Waals surface area contributed by atoms with Crippen LogP contribution < -0.4 is 5.32 Å². The zero-order valence-electron chi connectivity index (χ0n) is 9.82. The number of hydrogen-bond donors (Lipinski definition) is 1. The molecule has 0 radical (unpaired) electrons. The fourth-order valence-electron chi connectivity index (χ4n) is 1.64. The van der Waals surface area contributed by atoms with Crippen LogP contribution in [0.4, 0.5) is 0 Å². The number of nitrogens with one attached hydrogen (secondary N) is 1. The first-order chi connectivity index (χ1) is 7.65. The Kier molecular flexibility index (Phi) is 3.36. The standard InChI is InChI=1S/C11H16N4S/c1-8-4-11(15(3)14-8)6-12-5-10-7-16-9(2)13-10/h4,7,12H,5-6H2,1-3H3. The number of nitrogens with zero attached hydrogens (tertiary/aromatic N) is 3. The van der Waals surface area contributed by atoms with Crippen LogP contribution in [0.15, 0.2) is 11.4 Å². The summed E-state index contributed by atoms with van der Waals surface area (Å²) in [4.78, 5) is 4.40. The van der Waals surface area contributed by atoms with Gasteiger partial charge in [0.25, 0.3) is 0 Å². The lowest BCUT2D eigenvalue weighted by Crippen LogP contribution is -2.15. The van der Waals surface area contributed by atoms with Gasteiger partial charge in [0.2, 0.25) is 0 Å². The van der Waals surface area contributed by atoms with E-state index in [-0.39, 0.29) is 0 Å². The first-order valence-corrected chi connectivity index (χ1v) is 6.14. The Hall–Kier alpha value is -1.20. The van der Waals surface area contributed by atoms with E-state index < -0.39 is 0 Å². The van der Waals surface area contributed by atoms with Crippen molar-refractivity contribution in [2.24, 2.45) is 7.05 Å². The van der Waals surface area contributed by atoms with Crippen LogP contribution in [0.3, 0.4) is 0 Å². The van der Waals surface area contributed by atoms with E-state index in [1.807, 2.05) is 25.6 Å². The summed E-state index contributed by atoms with van der Waals surface area (Å²) in [5.74, 6) is 0. The first-order valence-electron chi connectivity index (χ1n) is 5.26. The topological polar surface area (TPSA) is 42.7 Å². The van der Waals surface area contributed by atoms with Crippen LogP contribution in [0.5, 0.6) is 0 Å². The lowest BCUT2D eigenvalue weighted by atomic mass is 10.3. The molecule has 86 valence electrons. The molecule has 0 atom stereocenters. The fraction of sp³-hybridized carbons (Fsp3) is 0.455. The molecule has 2 rings (SSSR count). The minimum Gasteiger partial charge on any atom is -0.305 e. The maximum Gasteiger partial charge on any atom is 0.0897 e. The molecule has 0 aliphatic rings. The Morgan fingerprint density at radius 1 is 1.38 bits per heavy atom. The van der Waals surface area contributed by atoms with Gasteiger partial charge >= 0.3 is 0 Å². The molecule has 0 amide bonds. The summed E-state index contributed by atoms with van der Waals surface area (Å²) in [5.41, 5.74) is 3.37. The smallest absolute Gasteiger partial charge is 0.0897 e. The Labute approximate surface area is 99.3 Å². The van der Waals surface area contributed by atoms with Gasteiger partial charge in [0, 0.05) is 25.5 Å². The number of aryl methyl sites for hydroxylation is 3.